The van der Waals surface area contributed by atoms with Gasteiger partial charge in [0.1, 0.15) is 12.4 Å². The molecule has 90 valence electrons. The summed E-state index contributed by atoms with van der Waals surface area (Å²) < 4.78 is 7.31. The number of hydrogen-bond acceptors (Lipinski definition) is 4. The molecule has 5 nitrogen and oxygen atoms in total. The van der Waals surface area contributed by atoms with Crippen molar-refractivity contribution in [3.8, 4) is 5.75 Å². The lowest BCUT2D eigenvalue weighted by Gasteiger charge is -2.07. The molecular formula is C12H16N4O. The van der Waals surface area contributed by atoms with Gasteiger partial charge in [-0.05, 0) is 12.1 Å². The zero-order chi connectivity index (χ0) is 11.9. The van der Waals surface area contributed by atoms with Crippen LogP contribution < -0.4 is 10.1 Å². The maximum atomic E-state index is 5.56. The first-order valence-corrected chi connectivity index (χ1v) is 5.58. The molecule has 0 amide bonds. The molecule has 0 aliphatic heterocycles. The molecule has 1 aromatic carbocycles. The van der Waals surface area contributed by atoms with Crippen LogP contribution in [0.3, 0.4) is 0 Å². The number of aryl methyl sites for hydroxylation is 1. The van der Waals surface area contributed by atoms with E-state index in [-0.39, 0.29) is 0 Å². The van der Waals surface area contributed by atoms with Crippen LogP contribution in [0, 0.1) is 0 Å². The molecule has 0 aliphatic rings. The summed E-state index contributed by atoms with van der Waals surface area (Å²) in [7, 11) is 1.88. The van der Waals surface area contributed by atoms with Gasteiger partial charge in [0.25, 0.3) is 0 Å². The van der Waals surface area contributed by atoms with E-state index in [1.165, 1.54) is 0 Å². The van der Waals surface area contributed by atoms with E-state index in [0.717, 1.165) is 24.5 Å². The van der Waals surface area contributed by atoms with Crippen LogP contribution in [0.2, 0.25) is 0 Å². The highest BCUT2D eigenvalue weighted by Crippen LogP contribution is 2.07. The van der Waals surface area contributed by atoms with Gasteiger partial charge in [0, 0.05) is 20.1 Å². The average Bonchev–Trinajstić information content (AvgIpc) is 2.76. The molecule has 0 radical (unpaired) electrons. The van der Waals surface area contributed by atoms with E-state index in [4.69, 9.17) is 4.74 Å². The van der Waals surface area contributed by atoms with Crippen LogP contribution in [-0.2, 0) is 13.6 Å². The van der Waals surface area contributed by atoms with Crippen LogP contribution in [0.1, 0.15) is 5.69 Å². The van der Waals surface area contributed by atoms with Gasteiger partial charge in [0.05, 0.1) is 11.9 Å². The van der Waals surface area contributed by atoms with E-state index in [0.29, 0.717) is 6.61 Å². The van der Waals surface area contributed by atoms with E-state index in [9.17, 15) is 0 Å². The van der Waals surface area contributed by atoms with Gasteiger partial charge in [-0.15, -0.1) is 5.10 Å². The minimum atomic E-state index is 0.648. The van der Waals surface area contributed by atoms with E-state index in [1.807, 2.05) is 37.4 Å². The Balaban J connectivity index is 1.63. The Morgan fingerprint density at radius 2 is 2.12 bits per heavy atom. The van der Waals surface area contributed by atoms with Gasteiger partial charge in [-0.25, -0.2) is 0 Å². The predicted octanol–water partition coefficient (Wildman–Crippen LogP) is 0.984. The summed E-state index contributed by atoms with van der Waals surface area (Å²) in [5.74, 6) is 0.900. The highest BCUT2D eigenvalue weighted by atomic mass is 16.5. The lowest BCUT2D eigenvalue weighted by molar-refractivity contribution is 0.313. The van der Waals surface area contributed by atoms with Crippen molar-refractivity contribution in [3.05, 3.63) is 42.2 Å². The number of ether oxygens (including phenoxy) is 1. The molecule has 0 bridgehead atoms. The van der Waals surface area contributed by atoms with Crippen molar-refractivity contribution < 1.29 is 4.74 Å². The summed E-state index contributed by atoms with van der Waals surface area (Å²) >= 11 is 0. The van der Waals surface area contributed by atoms with E-state index < -0.39 is 0 Å². The van der Waals surface area contributed by atoms with Gasteiger partial charge >= 0.3 is 0 Å². The van der Waals surface area contributed by atoms with Crippen molar-refractivity contribution in [3.63, 3.8) is 0 Å². The Morgan fingerprint density at radius 3 is 2.82 bits per heavy atom. The number of nitrogens with one attached hydrogen (secondary N) is 1. The molecule has 0 unspecified atom stereocenters. The third kappa shape index (κ3) is 3.57. The lowest BCUT2D eigenvalue weighted by atomic mass is 10.3. The highest BCUT2D eigenvalue weighted by Gasteiger charge is 1.98. The van der Waals surface area contributed by atoms with Crippen LogP contribution in [0.25, 0.3) is 0 Å². The van der Waals surface area contributed by atoms with Gasteiger partial charge in [-0.2, -0.15) is 0 Å². The minimum absolute atomic E-state index is 0.648. The molecule has 2 aromatic rings. The van der Waals surface area contributed by atoms with E-state index in [1.54, 1.807) is 10.9 Å². The SMILES string of the molecule is Cn1nncc1CNCCOc1ccccc1. The lowest BCUT2D eigenvalue weighted by Crippen LogP contribution is -2.21. The van der Waals surface area contributed by atoms with Crippen molar-refractivity contribution in [2.45, 2.75) is 6.54 Å². The van der Waals surface area contributed by atoms with Crippen LogP contribution >= 0.6 is 0 Å². The molecule has 0 aliphatic carbocycles. The summed E-state index contributed by atoms with van der Waals surface area (Å²) in [6.45, 7) is 2.19. The smallest absolute Gasteiger partial charge is 0.119 e. The molecule has 0 saturated heterocycles. The Bertz CT molecular complexity index is 441. The number of hydrogen-bond donors (Lipinski definition) is 1. The first-order valence-electron chi connectivity index (χ1n) is 5.58. The predicted molar refractivity (Wildman–Crippen MR) is 64.6 cm³/mol. The Morgan fingerprint density at radius 1 is 1.29 bits per heavy atom. The summed E-state index contributed by atoms with van der Waals surface area (Å²) in [5, 5.41) is 10.9. The van der Waals surface area contributed by atoms with E-state index >= 15 is 0 Å². The fourth-order valence-corrected chi connectivity index (χ4v) is 1.45. The topological polar surface area (TPSA) is 52.0 Å². The second kappa shape index (κ2) is 6.00. The quantitative estimate of drug-likeness (QED) is 0.754. The van der Waals surface area contributed by atoms with Gasteiger partial charge < -0.3 is 10.1 Å². The minimum Gasteiger partial charge on any atom is -0.492 e. The fourth-order valence-electron chi connectivity index (χ4n) is 1.45. The van der Waals surface area contributed by atoms with Crippen molar-refractivity contribution >= 4 is 0 Å². The molecule has 0 saturated carbocycles. The largest absolute Gasteiger partial charge is 0.492 e. The number of benzene rings is 1. The van der Waals surface area contributed by atoms with Crippen molar-refractivity contribution in [2.75, 3.05) is 13.2 Å². The first kappa shape index (κ1) is 11.6. The van der Waals surface area contributed by atoms with Crippen LogP contribution in [0.4, 0.5) is 0 Å². The van der Waals surface area contributed by atoms with Gasteiger partial charge in [0.15, 0.2) is 0 Å². The third-order valence-electron chi connectivity index (χ3n) is 2.41. The first-order chi connectivity index (χ1) is 8.36. The molecule has 0 fully saturated rings. The summed E-state index contributed by atoms with van der Waals surface area (Å²) in [5.41, 5.74) is 1.06. The van der Waals surface area contributed by atoms with Gasteiger partial charge in [0.2, 0.25) is 0 Å². The maximum absolute atomic E-state index is 5.56. The average molecular weight is 232 g/mol. The number of rotatable bonds is 6. The highest BCUT2D eigenvalue weighted by molar-refractivity contribution is 5.20. The van der Waals surface area contributed by atoms with Gasteiger partial charge in [-0.1, -0.05) is 23.4 Å². The number of aromatic nitrogens is 3. The molecule has 1 N–H and O–H groups in total. The normalized spacial score (nSPS) is 10.4. The maximum Gasteiger partial charge on any atom is 0.119 e. The molecule has 1 aromatic heterocycles. The standard InChI is InChI=1S/C12H16N4O/c1-16-11(10-14-15-16)9-13-7-8-17-12-5-3-2-4-6-12/h2-6,10,13H,7-9H2,1H3. The molecule has 5 heteroatoms. The Kier molecular flexibility index (Phi) is 4.10. The van der Waals surface area contributed by atoms with E-state index in [2.05, 4.69) is 15.6 Å². The summed E-state index contributed by atoms with van der Waals surface area (Å²) in [4.78, 5) is 0. The Hall–Kier alpha value is -1.88. The Labute approximate surface area is 100 Å². The molecule has 0 atom stereocenters. The van der Waals surface area contributed by atoms with Crippen molar-refractivity contribution in [1.29, 1.82) is 0 Å². The number of nitrogens with zero attached hydrogens (tertiary/aromatic N) is 3. The molecule has 0 spiro atoms. The summed E-state index contributed by atoms with van der Waals surface area (Å²) in [6.07, 6.45) is 1.76. The van der Waals surface area contributed by atoms with Crippen LogP contribution in [0.15, 0.2) is 36.5 Å². The van der Waals surface area contributed by atoms with Gasteiger partial charge in [-0.3, -0.25) is 4.68 Å². The second-order valence-electron chi connectivity index (χ2n) is 3.69. The molecule has 17 heavy (non-hydrogen) atoms. The van der Waals surface area contributed by atoms with Crippen molar-refractivity contribution in [2.24, 2.45) is 7.05 Å². The van der Waals surface area contributed by atoms with Crippen molar-refractivity contribution in [1.82, 2.24) is 20.3 Å². The van der Waals surface area contributed by atoms with Crippen LogP contribution in [-0.4, -0.2) is 28.1 Å². The van der Waals surface area contributed by atoms with Crippen LogP contribution in [0.5, 0.6) is 5.75 Å². The third-order valence-corrected chi connectivity index (χ3v) is 2.41. The summed E-state index contributed by atoms with van der Waals surface area (Å²) in [6, 6.07) is 9.80. The fraction of sp³-hybridized carbons (Fsp3) is 0.333. The molecule has 2 rings (SSSR count). The second-order valence-corrected chi connectivity index (χ2v) is 3.69. The number of para-hydroxylation sites is 1. The molecule has 1 heterocycles. The monoisotopic (exact) mass is 232 g/mol. The molecular weight excluding hydrogens is 216 g/mol. The zero-order valence-corrected chi connectivity index (χ0v) is 9.84. The zero-order valence-electron chi connectivity index (χ0n) is 9.84.